The van der Waals surface area contributed by atoms with Crippen LogP contribution in [0.4, 0.5) is 0 Å². The van der Waals surface area contributed by atoms with E-state index in [1.165, 1.54) is 44.4 Å². The highest BCUT2D eigenvalue weighted by molar-refractivity contribution is 7.71. The highest BCUT2D eigenvalue weighted by Gasteiger charge is 2.17. The van der Waals surface area contributed by atoms with Crippen LogP contribution in [0.3, 0.4) is 0 Å². The number of aromatic hydroxyl groups is 2. The lowest BCUT2D eigenvalue weighted by atomic mass is 10.1. The molecule has 0 fully saturated rings. The number of aromatic nitrogens is 3. The van der Waals surface area contributed by atoms with Gasteiger partial charge in [0, 0.05) is 5.56 Å². The number of nitrogens with one attached hydrogen (secondary N) is 1. The largest absolute Gasteiger partial charge is 0.504 e. The molecule has 0 bridgehead atoms. The summed E-state index contributed by atoms with van der Waals surface area (Å²) in [6.45, 7) is 0. The second-order valence-electron chi connectivity index (χ2n) is 5.57. The monoisotopic (exact) mass is 402 g/mol. The van der Waals surface area contributed by atoms with E-state index in [0.29, 0.717) is 34.2 Å². The molecular weight excluding hydrogens is 384 g/mol. The Morgan fingerprint density at radius 3 is 2.29 bits per heavy atom. The van der Waals surface area contributed by atoms with E-state index in [1.54, 1.807) is 18.2 Å². The molecule has 1 heterocycles. The molecule has 0 spiro atoms. The van der Waals surface area contributed by atoms with Gasteiger partial charge in [0.25, 0.3) is 0 Å². The first-order valence-corrected chi connectivity index (χ1v) is 8.43. The van der Waals surface area contributed by atoms with Gasteiger partial charge < -0.3 is 24.4 Å². The van der Waals surface area contributed by atoms with Crippen molar-refractivity contribution in [2.45, 2.75) is 0 Å². The highest BCUT2D eigenvalue weighted by Crippen LogP contribution is 2.40. The van der Waals surface area contributed by atoms with Crippen LogP contribution in [0.15, 0.2) is 35.4 Å². The first kappa shape index (κ1) is 19.2. The lowest BCUT2D eigenvalue weighted by Crippen LogP contribution is -1.99. The summed E-state index contributed by atoms with van der Waals surface area (Å²) in [7, 11) is 4.56. The number of methoxy groups -OCH3 is 3. The van der Waals surface area contributed by atoms with Crippen molar-refractivity contribution in [3.8, 4) is 40.1 Å². The summed E-state index contributed by atoms with van der Waals surface area (Å²) in [5.41, 5.74) is 1.20. The minimum Gasteiger partial charge on any atom is -0.504 e. The molecule has 0 aliphatic heterocycles. The third-order valence-electron chi connectivity index (χ3n) is 3.90. The van der Waals surface area contributed by atoms with E-state index < -0.39 is 0 Å². The van der Waals surface area contributed by atoms with Crippen molar-refractivity contribution in [2.75, 3.05) is 21.3 Å². The fourth-order valence-corrected chi connectivity index (χ4v) is 2.72. The zero-order valence-corrected chi connectivity index (χ0v) is 16.1. The number of H-pyrrole nitrogens is 1. The van der Waals surface area contributed by atoms with Crippen LogP contribution in [-0.4, -0.2) is 52.6 Å². The van der Waals surface area contributed by atoms with Crippen LogP contribution in [0.5, 0.6) is 28.7 Å². The van der Waals surface area contributed by atoms with Crippen molar-refractivity contribution < 1.29 is 24.4 Å². The van der Waals surface area contributed by atoms with Gasteiger partial charge in [0.1, 0.15) is 0 Å². The number of hydrogen-bond acceptors (Lipinski definition) is 8. The number of phenols is 2. The molecule has 3 aromatic rings. The van der Waals surface area contributed by atoms with E-state index in [1.807, 2.05) is 0 Å². The van der Waals surface area contributed by atoms with Gasteiger partial charge in [-0.2, -0.15) is 14.9 Å². The third kappa shape index (κ3) is 3.62. The fraction of sp³-hybridized carbons (Fsp3) is 0.167. The zero-order chi connectivity index (χ0) is 20.3. The Morgan fingerprint density at radius 1 is 1.04 bits per heavy atom. The van der Waals surface area contributed by atoms with E-state index in [-0.39, 0.29) is 16.3 Å². The maximum absolute atomic E-state index is 9.61. The summed E-state index contributed by atoms with van der Waals surface area (Å²) in [6.07, 6.45) is 1.48. The Balaban J connectivity index is 2.07. The Hall–Kier alpha value is -3.53. The molecule has 0 saturated carbocycles. The molecule has 0 radical (unpaired) electrons. The average molecular weight is 402 g/mol. The van der Waals surface area contributed by atoms with Gasteiger partial charge in [-0.3, -0.25) is 0 Å². The number of aromatic amines is 1. The second kappa shape index (κ2) is 8.01. The summed E-state index contributed by atoms with van der Waals surface area (Å²) < 4.78 is 17.8. The predicted octanol–water partition coefficient (Wildman–Crippen LogP) is 2.93. The van der Waals surface area contributed by atoms with Gasteiger partial charge in [-0.05, 0) is 48.1 Å². The van der Waals surface area contributed by atoms with Gasteiger partial charge in [-0.1, -0.05) is 0 Å². The fourth-order valence-electron chi connectivity index (χ4n) is 2.54. The number of hydrogen-bond donors (Lipinski definition) is 3. The van der Waals surface area contributed by atoms with Crippen LogP contribution in [0.2, 0.25) is 0 Å². The Morgan fingerprint density at radius 2 is 1.71 bits per heavy atom. The summed E-state index contributed by atoms with van der Waals surface area (Å²) in [5.74, 6) is 1.34. The lowest BCUT2D eigenvalue weighted by Gasteiger charge is -2.13. The molecule has 0 amide bonds. The van der Waals surface area contributed by atoms with E-state index in [0.717, 1.165) is 0 Å². The average Bonchev–Trinajstić information content (AvgIpc) is 3.08. The molecular formula is C18H18N4O5S. The summed E-state index contributed by atoms with van der Waals surface area (Å²) in [4.78, 5) is 0. The molecule has 1 aromatic heterocycles. The van der Waals surface area contributed by atoms with E-state index in [9.17, 15) is 10.2 Å². The van der Waals surface area contributed by atoms with Gasteiger partial charge in [0.05, 0.1) is 27.5 Å². The van der Waals surface area contributed by atoms with Crippen LogP contribution in [0.25, 0.3) is 11.4 Å². The van der Waals surface area contributed by atoms with Crippen LogP contribution < -0.4 is 14.2 Å². The minimum atomic E-state index is -0.246. The Bertz CT molecular complexity index is 1060. The number of benzene rings is 2. The lowest BCUT2D eigenvalue weighted by molar-refractivity contribution is 0.324. The van der Waals surface area contributed by atoms with Gasteiger partial charge >= 0.3 is 0 Å². The minimum absolute atomic E-state index is 0.213. The molecule has 28 heavy (non-hydrogen) atoms. The summed E-state index contributed by atoms with van der Waals surface area (Å²) >= 11 is 5.26. The Kier molecular flexibility index (Phi) is 5.50. The van der Waals surface area contributed by atoms with Crippen molar-refractivity contribution >= 4 is 18.4 Å². The van der Waals surface area contributed by atoms with E-state index >= 15 is 0 Å². The van der Waals surface area contributed by atoms with Crippen molar-refractivity contribution in [3.05, 3.63) is 40.7 Å². The molecule has 2 aromatic carbocycles. The standard InChI is InChI=1S/C18H18N4O5S/c1-25-14-7-11(8-15(26-2)16(14)27-3)17-20-21-18(28)22(17)19-9-10-4-5-12(23)13(24)6-10/h4-9,23-24H,1-3H3,(H,21,28)/b19-9-. The van der Waals surface area contributed by atoms with Crippen molar-refractivity contribution in [1.29, 1.82) is 0 Å². The molecule has 10 heteroatoms. The van der Waals surface area contributed by atoms with Crippen LogP contribution >= 0.6 is 12.2 Å². The van der Waals surface area contributed by atoms with Gasteiger partial charge in [0.2, 0.25) is 10.5 Å². The number of phenolic OH excluding ortho intramolecular Hbond substituents is 2. The smallest absolute Gasteiger partial charge is 0.216 e. The summed E-state index contributed by atoms with van der Waals surface area (Å²) in [6, 6.07) is 7.80. The maximum atomic E-state index is 9.61. The highest BCUT2D eigenvalue weighted by atomic mass is 32.1. The van der Waals surface area contributed by atoms with Crippen molar-refractivity contribution in [1.82, 2.24) is 14.9 Å². The molecule has 3 rings (SSSR count). The second-order valence-corrected chi connectivity index (χ2v) is 5.96. The topological polar surface area (TPSA) is 114 Å². The maximum Gasteiger partial charge on any atom is 0.216 e. The SMILES string of the molecule is COc1cc(-c2n[nH]c(=S)n2/N=C\c2ccc(O)c(O)c2)cc(OC)c1OC. The number of rotatable bonds is 6. The molecule has 0 saturated heterocycles. The van der Waals surface area contributed by atoms with Gasteiger partial charge in [0.15, 0.2) is 28.8 Å². The van der Waals surface area contributed by atoms with Crippen LogP contribution in [0, 0.1) is 4.77 Å². The summed E-state index contributed by atoms with van der Waals surface area (Å²) in [5, 5.41) is 30.3. The normalized spacial score (nSPS) is 11.0. The number of nitrogens with zero attached hydrogens (tertiary/aromatic N) is 3. The zero-order valence-electron chi connectivity index (χ0n) is 15.3. The van der Waals surface area contributed by atoms with Gasteiger partial charge in [-0.25, -0.2) is 5.10 Å². The van der Waals surface area contributed by atoms with Gasteiger partial charge in [-0.15, -0.1) is 0 Å². The molecule has 9 nitrogen and oxygen atoms in total. The van der Waals surface area contributed by atoms with E-state index in [4.69, 9.17) is 26.4 Å². The Labute approximate surface area is 165 Å². The first-order chi connectivity index (χ1) is 13.5. The molecule has 0 unspecified atom stereocenters. The number of ether oxygens (including phenoxy) is 3. The molecule has 3 N–H and O–H groups in total. The van der Waals surface area contributed by atoms with Crippen LogP contribution in [-0.2, 0) is 0 Å². The third-order valence-corrected chi connectivity index (χ3v) is 4.16. The molecule has 146 valence electrons. The van der Waals surface area contributed by atoms with Crippen LogP contribution in [0.1, 0.15) is 5.56 Å². The molecule has 0 aliphatic carbocycles. The quantitative estimate of drug-likeness (QED) is 0.330. The van der Waals surface area contributed by atoms with Crippen molar-refractivity contribution in [2.24, 2.45) is 5.10 Å². The van der Waals surface area contributed by atoms with E-state index in [2.05, 4.69) is 15.3 Å². The predicted molar refractivity (Wildman–Crippen MR) is 105 cm³/mol. The first-order valence-electron chi connectivity index (χ1n) is 8.02. The van der Waals surface area contributed by atoms with Crippen molar-refractivity contribution in [3.63, 3.8) is 0 Å². The molecule has 0 aliphatic rings. The molecule has 0 atom stereocenters.